The van der Waals surface area contributed by atoms with Gasteiger partial charge in [0.25, 0.3) is 5.91 Å². The summed E-state index contributed by atoms with van der Waals surface area (Å²) < 4.78 is 0. The van der Waals surface area contributed by atoms with E-state index in [9.17, 15) is 14.4 Å². The summed E-state index contributed by atoms with van der Waals surface area (Å²) in [6.07, 6.45) is 6.16. The molecule has 102 valence electrons. The topological polar surface area (TPSA) is 66.5 Å². The monoisotopic (exact) mass is 262 g/mol. The molecule has 3 amide bonds. The van der Waals surface area contributed by atoms with Crippen molar-refractivity contribution in [3.8, 4) is 0 Å². The fourth-order valence-electron chi connectivity index (χ4n) is 3.40. The van der Waals surface area contributed by atoms with Gasteiger partial charge in [-0.2, -0.15) is 0 Å². The number of fused-ring (bicyclic) bond motifs is 2. The van der Waals surface area contributed by atoms with Crippen molar-refractivity contribution >= 4 is 17.7 Å². The van der Waals surface area contributed by atoms with E-state index >= 15 is 0 Å². The molecule has 2 aliphatic carbocycles. The molecule has 0 aromatic carbocycles. The van der Waals surface area contributed by atoms with Crippen LogP contribution in [0.3, 0.4) is 0 Å². The van der Waals surface area contributed by atoms with Gasteiger partial charge in [-0.05, 0) is 38.5 Å². The lowest BCUT2D eigenvalue weighted by molar-refractivity contribution is -0.158. The molecule has 3 aliphatic rings. The molecule has 0 aromatic heterocycles. The molecule has 1 N–H and O–H groups in total. The highest BCUT2D eigenvalue weighted by molar-refractivity contribution is 6.06. The molecule has 0 aromatic rings. The van der Waals surface area contributed by atoms with Crippen LogP contribution in [0.4, 0.5) is 0 Å². The molecule has 1 aliphatic heterocycles. The minimum Gasteiger partial charge on any atom is -0.319 e. The molecular formula is C14H18N2O3. The maximum Gasteiger partial charge on any atom is 0.252 e. The van der Waals surface area contributed by atoms with Crippen molar-refractivity contribution in [2.24, 2.45) is 17.8 Å². The number of carbonyl (C=O) groups is 3. The van der Waals surface area contributed by atoms with E-state index in [1.54, 1.807) is 13.8 Å². The van der Waals surface area contributed by atoms with E-state index in [0.29, 0.717) is 5.92 Å². The predicted octanol–water partition coefficient (Wildman–Crippen LogP) is 0.462. The van der Waals surface area contributed by atoms with E-state index < -0.39 is 17.4 Å². The van der Waals surface area contributed by atoms with Gasteiger partial charge in [-0.3, -0.25) is 19.7 Å². The van der Waals surface area contributed by atoms with Crippen molar-refractivity contribution in [3.63, 3.8) is 0 Å². The third-order valence-corrected chi connectivity index (χ3v) is 4.65. The van der Waals surface area contributed by atoms with E-state index in [0.717, 1.165) is 12.8 Å². The fourth-order valence-corrected chi connectivity index (χ4v) is 3.40. The third-order valence-electron chi connectivity index (χ3n) is 4.65. The van der Waals surface area contributed by atoms with Crippen LogP contribution in [-0.4, -0.2) is 34.7 Å². The zero-order chi connectivity index (χ0) is 13.8. The number of piperazine rings is 1. The highest BCUT2D eigenvalue weighted by atomic mass is 16.2. The number of hydrogen-bond donors (Lipinski definition) is 1. The van der Waals surface area contributed by atoms with Crippen LogP contribution in [0.5, 0.6) is 0 Å². The van der Waals surface area contributed by atoms with Crippen LogP contribution < -0.4 is 5.32 Å². The second-order valence-corrected chi connectivity index (χ2v) is 6.25. The number of allylic oxidation sites excluding steroid dienone is 2. The van der Waals surface area contributed by atoms with Crippen LogP contribution in [0.25, 0.3) is 0 Å². The Kier molecular flexibility index (Phi) is 2.56. The Morgan fingerprint density at radius 3 is 2.63 bits per heavy atom. The van der Waals surface area contributed by atoms with Gasteiger partial charge in [-0.25, -0.2) is 0 Å². The number of hydrogen-bond acceptors (Lipinski definition) is 3. The van der Waals surface area contributed by atoms with Gasteiger partial charge in [0.15, 0.2) is 0 Å². The highest BCUT2D eigenvalue weighted by Crippen LogP contribution is 2.44. The Morgan fingerprint density at radius 2 is 2.05 bits per heavy atom. The first kappa shape index (κ1) is 12.4. The number of nitrogens with zero attached hydrogens (tertiary/aromatic N) is 1. The number of rotatable bonds is 1. The summed E-state index contributed by atoms with van der Waals surface area (Å²) in [6, 6.07) is 0. The molecule has 1 saturated carbocycles. The second kappa shape index (κ2) is 3.92. The molecule has 3 rings (SSSR count). The highest BCUT2D eigenvalue weighted by Gasteiger charge is 2.48. The molecule has 5 heteroatoms. The molecule has 1 saturated heterocycles. The number of nitrogens with one attached hydrogen (secondary N) is 1. The van der Waals surface area contributed by atoms with Gasteiger partial charge in [0.05, 0.1) is 0 Å². The van der Waals surface area contributed by atoms with Crippen LogP contribution in [0.15, 0.2) is 12.2 Å². The summed E-state index contributed by atoms with van der Waals surface area (Å²) in [5.41, 5.74) is -0.948. The molecule has 19 heavy (non-hydrogen) atoms. The molecule has 5 nitrogen and oxygen atoms in total. The number of imide groups is 1. The first-order chi connectivity index (χ1) is 8.89. The largest absolute Gasteiger partial charge is 0.319 e. The summed E-state index contributed by atoms with van der Waals surface area (Å²) >= 11 is 0. The normalized spacial score (nSPS) is 35.7. The minimum absolute atomic E-state index is 0.0187. The van der Waals surface area contributed by atoms with Crippen molar-refractivity contribution in [2.75, 3.05) is 6.54 Å². The van der Waals surface area contributed by atoms with Crippen LogP contribution >= 0.6 is 0 Å². The van der Waals surface area contributed by atoms with Gasteiger partial charge < -0.3 is 4.90 Å². The lowest BCUT2D eigenvalue weighted by Gasteiger charge is -2.42. The summed E-state index contributed by atoms with van der Waals surface area (Å²) in [5.74, 6) is -0.116. The number of amides is 3. The fraction of sp³-hybridized carbons (Fsp3) is 0.643. The molecular weight excluding hydrogens is 244 g/mol. The van der Waals surface area contributed by atoms with Crippen LogP contribution in [-0.2, 0) is 14.4 Å². The van der Waals surface area contributed by atoms with Crippen molar-refractivity contribution in [3.05, 3.63) is 12.2 Å². The van der Waals surface area contributed by atoms with E-state index in [1.807, 2.05) is 0 Å². The van der Waals surface area contributed by atoms with Crippen LogP contribution in [0.1, 0.15) is 26.7 Å². The maximum absolute atomic E-state index is 12.7. The molecule has 1 heterocycles. The lowest BCUT2D eigenvalue weighted by Crippen LogP contribution is -2.66. The standard InChI is InChI=1S/C14H18N2O3/c1-14(2)13(19)15-11(17)7-16(14)12(18)10-6-8-3-4-9(10)5-8/h3-4,8-10H,5-7H2,1-2H3,(H,15,17,19). The Bertz CT molecular complexity index is 495. The zero-order valence-electron chi connectivity index (χ0n) is 11.2. The van der Waals surface area contributed by atoms with Crippen LogP contribution in [0.2, 0.25) is 0 Å². The first-order valence-electron chi connectivity index (χ1n) is 6.73. The zero-order valence-corrected chi connectivity index (χ0v) is 11.2. The quantitative estimate of drug-likeness (QED) is 0.551. The van der Waals surface area contributed by atoms with Gasteiger partial charge in [-0.1, -0.05) is 12.2 Å². The van der Waals surface area contributed by atoms with E-state index in [4.69, 9.17) is 0 Å². The molecule has 2 fully saturated rings. The van der Waals surface area contributed by atoms with Crippen molar-refractivity contribution in [1.29, 1.82) is 0 Å². The van der Waals surface area contributed by atoms with Gasteiger partial charge in [0.2, 0.25) is 11.8 Å². The van der Waals surface area contributed by atoms with Crippen molar-refractivity contribution < 1.29 is 14.4 Å². The van der Waals surface area contributed by atoms with Crippen molar-refractivity contribution in [1.82, 2.24) is 10.2 Å². The summed E-state index contributed by atoms with van der Waals surface area (Å²) in [4.78, 5) is 37.5. The average molecular weight is 262 g/mol. The lowest BCUT2D eigenvalue weighted by atomic mass is 9.89. The first-order valence-corrected chi connectivity index (χ1v) is 6.73. The molecule has 3 unspecified atom stereocenters. The Balaban J connectivity index is 1.84. The number of carbonyl (C=O) groups excluding carboxylic acids is 3. The summed E-state index contributed by atoms with van der Waals surface area (Å²) in [5, 5.41) is 2.29. The van der Waals surface area contributed by atoms with Gasteiger partial charge >= 0.3 is 0 Å². The second-order valence-electron chi connectivity index (χ2n) is 6.25. The van der Waals surface area contributed by atoms with Gasteiger partial charge in [0.1, 0.15) is 12.1 Å². The van der Waals surface area contributed by atoms with Crippen LogP contribution in [0, 0.1) is 17.8 Å². The van der Waals surface area contributed by atoms with Gasteiger partial charge in [0, 0.05) is 5.92 Å². The van der Waals surface area contributed by atoms with Crippen molar-refractivity contribution in [2.45, 2.75) is 32.2 Å². The molecule has 0 spiro atoms. The van der Waals surface area contributed by atoms with Gasteiger partial charge in [-0.15, -0.1) is 0 Å². The van der Waals surface area contributed by atoms with E-state index in [1.165, 1.54) is 4.90 Å². The van der Waals surface area contributed by atoms with E-state index in [-0.39, 0.29) is 24.3 Å². The SMILES string of the molecule is CC1(C)C(=O)NC(=O)CN1C(=O)C1CC2C=CC1C2. The maximum atomic E-state index is 12.7. The summed E-state index contributed by atoms with van der Waals surface area (Å²) in [6.45, 7) is 3.36. The molecule has 3 atom stereocenters. The Labute approximate surface area is 112 Å². The summed E-state index contributed by atoms with van der Waals surface area (Å²) in [7, 11) is 0. The molecule has 2 bridgehead atoms. The molecule has 0 radical (unpaired) electrons. The average Bonchev–Trinajstić information content (AvgIpc) is 2.95. The Hall–Kier alpha value is -1.65. The third kappa shape index (κ3) is 1.79. The van der Waals surface area contributed by atoms with E-state index in [2.05, 4.69) is 17.5 Å². The Morgan fingerprint density at radius 1 is 1.32 bits per heavy atom. The predicted molar refractivity (Wildman–Crippen MR) is 67.8 cm³/mol. The smallest absolute Gasteiger partial charge is 0.252 e. The minimum atomic E-state index is -0.948.